The van der Waals surface area contributed by atoms with Crippen LogP contribution >= 0.6 is 0 Å². The molecule has 0 spiro atoms. The number of carbonyl (C=O) groups excluding carboxylic acids is 1. The zero-order valence-corrected chi connectivity index (χ0v) is 11.0. The van der Waals surface area contributed by atoms with Crippen molar-refractivity contribution in [3.8, 4) is 0 Å². The molecule has 2 rings (SSSR count). The molecule has 0 unspecified atom stereocenters. The molecular weight excluding hydrogens is 246 g/mol. The number of carbonyl (C=O) groups is 2. The Morgan fingerprint density at radius 3 is 2.58 bits per heavy atom. The van der Waals surface area contributed by atoms with Crippen molar-refractivity contribution in [1.82, 2.24) is 15.1 Å². The summed E-state index contributed by atoms with van der Waals surface area (Å²) in [6.07, 6.45) is 6.13. The number of aromatic nitrogens is 2. The van der Waals surface area contributed by atoms with E-state index in [1.165, 1.54) is 0 Å². The third-order valence-electron chi connectivity index (χ3n) is 3.72. The van der Waals surface area contributed by atoms with E-state index >= 15 is 0 Å². The van der Waals surface area contributed by atoms with E-state index in [9.17, 15) is 9.59 Å². The van der Waals surface area contributed by atoms with E-state index in [0.717, 1.165) is 12.8 Å². The van der Waals surface area contributed by atoms with Crippen molar-refractivity contribution in [3.63, 3.8) is 0 Å². The molecule has 1 aromatic rings. The van der Waals surface area contributed by atoms with Crippen molar-refractivity contribution in [1.29, 1.82) is 0 Å². The maximum Gasteiger partial charge on any atom is 0.306 e. The highest BCUT2D eigenvalue weighted by atomic mass is 16.4. The summed E-state index contributed by atoms with van der Waals surface area (Å²) in [7, 11) is 0. The maximum atomic E-state index is 12.0. The van der Waals surface area contributed by atoms with Gasteiger partial charge in [-0.15, -0.1) is 0 Å². The van der Waals surface area contributed by atoms with Gasteiger partial charge in [-0.05, 0) is 38.7 Å². The number of nitrogens with one attached hydrogen (secondary N) is 1. The predicted octanol–water partition coefficient (Wildman–Crippen LogP) is 1.20. The first kappa shape index (κ1) is 13.6. The van der Waals surface area contributed by atoms with Crippen LogP contribution < -0.4 is 5.32 Å². The number of amides is 1. The zero-order valence-electron chi connectivity index (χ0n) is 11.0. The van der Waals surface area contributed by atoms with E-state index < -0.39 is 5.97 Å². The Labute approximate surface area is 111 Å². The monoisotopic (exact) mass is 265 g/mol. The topological polar surface area (TPSA) is 84.2 Å². The lowest BCUT2D eigenvalue weighted by Crippen LogP contribution is -2.41. The molecule has 104 valence electrons. The van der Waals surface area contributed by atoms with E-state index in [2.05, 4.69) is 10.4 Å². The van der Waals surface area contributed by atoms with Crippen LogP contribution in [0.25, 0.3) is 0 Å². The average molecular weight is 265 g/mol. The van der Waals surface area contributed by atoms with Crippen LogP contribution in [0.2, 0.25) is 0 Å². The Kier molecular flexibility index (Phi) is 4.19. The molecule has 1 saturated carbocycles. The van der Waals surface area contributed by atoms with Gasteiger partial charge in [0.25, 0.3) is 0 Å². The zero-order chi connectivity index (χ0) is 13.8. The Hall–Kier alpha value is -1.85. The first-order valence-electron chi connectivity index (χ1n) is 6.60. The molecule has 1 fully saturated rings. The highest BCUT2D eigenvalue weighted by Crippen LogP contribution is 2.24. The van der Waals surface area contributed by atoms with Crippen molar-refractivity contribution in [2.45, 2.75) is 44.7 Å². The number of nitrogens with zero attached hydrogens (tertiary/aromatic N) is 2. The van der Waals surface area contributed by atoms with Crippen LogP contribution in [-0.4, -0.2) is 32.8 Å². The van der Waals surface area contributed by atoms with Gasteiger partial charge in [0.2, 0.25) is 5.91 Å². The fourth-order valence-electron chi connectivity index (χ4n) is 2.44. The second-order valence-corrected chi connectivity index (χ2v) is 5.06. The van der Waals surface area contributed by atoms with Gasteiger partial charge in [-0.3, -0.25) is 14.3 Å². The highest BCUT2D eigenvalue weighted by molar-refractivity contribution is 5.80. The first-order valence-corrected chi connectivity index (χ1v) is 6.60. The molecule has 6 heteroatoms. The predicted molar refractivity (Wildman–Crippen MR) is 68.5 cm³/mol. The molecule has 1 heterocycles. The van der Waals surface area contributed by atoms with Crippen LogP contribution in [0.15, 0.2) is 18.5 Å². The minimum atomic E-state index is -0.727. The number of aliphatic carboxylic acids is 1. The van der Waals surface area contributed by atoms with Crippen LogP contribution in [-0.2, 0) is 9.59 Å². The normalized spacial score (nSPS) is 24.7. The quantitative estimate of drug-likeness (QED) is 0.856. The average Bonchev–Trinajstić information content (AvgIpc) is 2.92. The number of hydrogen-bond donors (Lipinski definition) is 2. The van der Waals surface area contributed by atoms with E-state index in [0.29, 0.717) is 12.8 Å². The van der Waals surface area contributed by atoms with Crippen molar-refractivity contribution < 1.29 is 14.7 Å². The van der Waals surface area contributed by atoms with Gasteiger partial charge < -0.3 is 10.4 Å². The molecule has 0 aliphatic heterocycles. The molecule has 1 aliphatic carbocycles. The Balaban J connectivity index is 1.82. The minimum absolute atomic E-state index is 0.0672. The highest BCUT2D eigenvalue weighted by Gasteiger charge is 2.27. The lowest BCUT2D eigenvalue weighted by Gasteiger charge is -2.27. The summed E-state index contributed by atoms with van der Waals surface area (Å²) in [4.78, 5) is 22.9. The molecular formula is C13H19N3O3. The fourth-order valence-corrected chi connectivity index (χ4v) is 2.44. The van der Waals surface area contributed by atoms with Gasteiger partial charge in [-0.2, -0.15) is 5.10 Å². The maximum absolute atomic E-state index is 12.0. The third kappa shape index (κ3) is 3.33. The summed E-state index contributed by atoms with van der Waals surface area (Å²) in [5.74, 6) is -1.05. The standard InChI is InChI=1S/C13H19N3O3/c1-9(16-8-2-7-14-16)12(17)15-11-5-3-10(4-6-11)13(18)19/h2,7-11H,3-6H2,1H3,(H,15,17)(H,18,19)/t9-,10?,11?/m0/s1. The second-order valence-electron chi connectivity index (χ2n) is 5.06. The summed E-state index contributed by atoms with van der Waals surface area (Å²) in [6, 6.07) is 1.52. The van der Waals surface area contributed by atoms with Gasteiger partial charge in [0, 0.05) is 18.4 Å². The Morgan fingerprint density at radius 1 is 1.37 bits per heavy atom. The number of carboxylic acids is 1. The molecule has 1 atom stereocenters. The van der Waals surface area contributed by atoms with Crippen LogP contribution in [0, 0.1) is 5.92 Å². The molecule has 6 nitrogen and oxygen atoms in total. The molecule has 1 amide bonds. The smallest absolute Gasteiger partial charge is 0.306 e. The van der Waals surface area contributed by atoms with Gasteiger partial charge in [-0.1, -0.05) is 0 Å². The van der Waals surface area contributed by atoms with E-state index in [1.54, 1.807) is 30.1 Å². The van der Waals surface area contributed by atoms with E-state index in [-0.39, 0.29) is 23.9 Å². The molecule has 2 N–H and O–H groups in total. The van der Waals surface area contributed by atoms with Gasteiger partial charge in [0.15, 0.2) is 0 Å². The van der Waals surface area contributed by atoms with Crippen molar-refractivity contribution in [2.75, 3.05) is 0 Å². The Morgan fingerprint density at radius 2 is 2.05 bits per heavy atom. The van der Waals surface area contributed by atoms with Crippen LogP contribution in [0.1, 0.15) is 38.6 Å². The van der Waals surface area contributed by atoms with Crippen LogP contribution in [0.3, 0.4) is 0 Å². The fraction of sp³-hybridized carbons (Fsp3) is 0.615. The van der Waals surface area contributed by atoms with Gasteiger partial charge in [0.1, 0.15) is 6.04 Å². The molecule has 0 aromatic carbocycles. The summed E-state index contributed by atoms with van der Waals surface area (Å²) in [5, 5.41) is 15.9. The largest absolute Gasteiger partial charge is 0.481 e. The first-order chi connectivity index (χ1) is 9.08. The van der Waals surface area contributed by atoms with Crippen LogP contribution in [0.5, 0.6) is 0 Å². The lowest BCUT2D eigenvalue weighted by atomic mass is 9.86. The summed E-state index contributed by atoms with van der Waals surface area (Å²) in [6.45, 7) is 1.80. The molecule has 0 radical (unpaired) electrons. The van der Waals surface area contributed by atoms with Crippen molar-refractivity contribution in [3.05, 3.63) is 18.5 Å². The van der Waals surface area contributed by atoms with Crippen molar-refractivity contribution in [2.24, 2.45) is 5.92 Å². The lowest BCUT2D eigenvalue weighted by molar-refractivity contribution is -0.142. The molecule has 19 heavy (non-hydrogen) atoms. The van der Waals surface area contributed by atoms with E-state index in [4.69, 9.17) is 5.11 Å². The summed E-state index contributed by atoms with van der Waals surface area (Å²) < 4.78 is 1.61. The summed E-state index contributed by atoms with van der Waals surface area (Å²) in [5.41, 5.74) is 0. The van der Waals surface area contributed by atoms with E-state index in [1.807, 2.05) is 0 Å². The van der Waals surface area contributed by atoms with Gasteiger partial charge >= 0.3 is 5.97 Å². The number of hydrogen-bond acceptors (Lipinski definition) is 3. The third-order valence-corrected chi connectivity index (χ3v) is 3.72. The van der Waals surface area contributed by atoms with Gasteiger partial charge in [-0.25, -0.2) is 0 Å². The molecule has 1 aromatic heterocycles. The Bertz CT molecular complexity index is 436. The molecule has 0 bridgehead atoms. The van der Waals surface area contributed by atoms with Crippen LogP contribution in [0.4, 0.5) is 0 Å². The van der Waals surface area contributed by atoms with Crippen molar-refractivity contribution >= 4 is 11.9 Å². The van der Waals surface area contributed by atoms with Gasteiger partial charge in [0.05, 0.1) is 5.92 Å². The summed E-state index contributed by atoms with van der Waals surface area (Å²) >= 11 is 0. The number of rotatable bonds is 4. The molecule has 1 aliphatic rings. The second kappa shape index (κ2) is 5.86. The SMILES string of the molecule is C[C@@H](C(=O)NC1CCC(C(=O)O)CC1)n1cccn1. The molecule has 0 saturated heterocycles. The number of carboxylic acid groups (broad SMARTS) is 1. The minimum Gasteiger partial charge on any atom is -0.481 e.